The van der Waals surface area contributed by atoms with Gasteiger partial charge in [-0.1, -0.05) is 12.1 Å². The van der Waals surface area contributed by atoms with Gasteiger partial charge in [0.05, 0.1) is 0 Å². The summed E-state index contributed by atoms with van der Waals surface area (Å²) in [6.45, 7) is 3.73. The Balaban J connectivity index is 1.61. The van der Waals surface area contributed by atoms with Crippen LogP contribution in [-0.4, -0.2) is 17.0 Å². The molecule has 0 fully saturated rings. The van der Waals surface area contributed by atoms with Gasteiger partial charge in [-0.05, 0) is 55.8 Å². The van der Waals surface area contributed by atoms with E-state index in [1.165, 1.54) is 0 Å². The fourth-order valence-corrected chi connectivity index (χ4v) is 2.90. The van der Waals surface area contributed by atoms with Crippen LogP contribution in [0, 0.1) is 6.92 Å². The second-order valence-corrected chi connectivity index (χ2v) is 6.38. The van der Waals surface area contributed by atoms with Crippen LogP contribution in [0.15, 0.2) is 60.1 Å². The molecule has 0 aliphatic rings. The van der Waals surface area contributed by atoms with E-state index < -0.39 is 6.10 Å². The van der Waals surface area contributed by atoms with Gasteiger partial charge < -0.3 is 10.1 Å². The summed E-state index contributed by atoms with van der Waals surface area (Å²) in [7, 11) is 0. The molecule has 1 heterocycles. The number of nitrogens with one attached hydrogen (secondary N) is 1. The molecule has 0 unspecified atom stereocenters. The Morgan fingerprint density at radius 2 is 2.00 bits per heavy atom. The third kappa shape index (κ3) is 4.00. The molecule has 0 saturated carbocycles. The van der Waals surface area contributed by atoms with Gasteiger partial charge in [-0.25, -0.2) is 4.98 Å². The predicted octanol–water partition coefficient (Wildman–Crippen LogP) is 4.52. The van der Waals surface area contributed by atoms with E-state index >= 15 is 0 Å². The number of aryl methyl sites for hydroxylation is 1. The summed E-state index contributed by atoms with van der Waals surface area (Å²) in [6, 6.07) is 15.3. The van der Waals surface area contributed by atoms with Crippen LogP contribution in [0.4, 0.5) is 5.69 Å². The number of anilines is 1. The van der Waals surface area contributed by atoms with Gasteiger partial charge in [-0.3, -0.25) is 4.79 Å². The number of carbonyl (C=O) groups is 1. The lowest BCUT2D eigenvalue weighted by molar-refractivity contribution is -0.122. The molecule has 1 atom stereocenters. The summed E-state index contributed by atoms with van der Waals surface area (Å²) >= 11 is 1.58. The van der Waals surface area contributed by atoms with Gasteiger partial charge in [0.25, 0.3) is 5.91 Å². The number of rotatable bonds is 5. The average molecular weight is 338 g/mol. The van der Waals surface area contributed by atoms with Gasteiger partial charge in [0.15, 0.2) is 6.10 Å². The van der Waals surface area contributed by atoms with Crippen LogP contribution in [0.25, 0.3) is 10.6 Å². The summed E-state index contributed by atoms with van der Waals surface area (Å²) in [6.07, 6.45) is 1.20. The molecule has 3 aromatic rings. The summed E-state index contributed by atoms with van der Waals surface area (Å²) in [5.74, 6) is 0.510. The van der Waals surface area contributed by atoms with Gasteiger partial charge in [-0.15, -0.1) is 11.3 Å². The molecule has 5 heteroatoms. The molecule has 2 aromatic carbocycles. The van der Waals surface area contributed by atoms with Crippen molar-refractivity contribution in [2.75, 3.05) is 5.32 Å². The zero-order chi connectivity index (χ0) is 16.9. The van der Waals surface area contributed by atoms with E-state index in [1.807, 2.05) is 60.8 Å². The first-order chi connectivity index (χ1) is 11.6. The molecule has 3 rings (SSSR count). The third-order valence-corrected chi connectivity index (χ3v) is 4.33. The molecule has 0 radical (unpaired) electrons. The Hall–Kier alpha value is -2.66. The molecular weight excluding hydrogens is 320 g/mol. The molecule has 0 bridgehead atoms. The van der Waals surface area contributed by atoms with Crippen molar-refractivity contribution >= 4 is 22.9 Å². The fourth-order valence-electron chi connectivity index (χ4n) is 2.25. The first-order valence-electron chi connectivity index (χ1n) is 7.66. The second-order valence-electron chi connectivity index (χ2n) is 5.48. The highest BCUT2D eigenvalue weighted by atomic mass is 32.1. The number of hydrogen-bond donors (Lipinski definition) is 1. The quantitative estimate of drug-likeness (QED) is 0.744. The average Bonchev–Trinajstić information content (AvgIpc) is 3.10. The highest BCUT2D eigenvalue weighted by Crippen LogP contribution is 2.23. The molecule has 1 amide bonds. The monoisotopic (exact) mass is 338 g/mol. The van der Waals surface area contributed by atoms with E-state index in [0.717, 1.165) is 21.8 Å². The summed E-state index contributed by atoms with van der Waals surface area (Å²) in [4.78, 5) is 16.5. The van der Waals surface area contributed by atoms with Crippen molar-refractivity contribution in [2.24, 2.45) is 0 Å². The lowest BCUT2D eigenvalue weighted by atomic mass is 10.2. The number of carbonyl (C=O) groups excluding carboxylic acids is 1. The molecule has 24 heavy (non-hydrogen) atoms. The van der Waals surface area contributed by atoms with Crippen LogP contribution >= 0.6 is 11.3 Å². The van der Waals surface area contributed by atoms with Crippen LogP contribution in [0.5, 0.6) is 5.75 Å². The Kier molecular flexibility index (Phi) is 4.91. The molecule has 0 spiro atoms. The Morgan fingerprint density at radius 3 is 2.67 bits per heavy atom. The minimum Gasteiger partial charge on any atom is -0.481 e. The lowest BCUT2D eigenvalue weighted by Gasteiger charge is -2.15. The van der Waals surface area contributed by atoms with E-state index in [-0.39, 0.29) is 5.91 Å². The van der Waals surface area contributed by atoms with E-state index in [2.05, 4.69) is 10.3 Å². The molecular formula is C19H18N2O2S. The molecule has 4 nitrogen and oxygen atoms in total. The summed E-state index contributed by atoms with van der Waals surface area (Å²) in [5, 5.41) is 5.77. The lowest BCUT2D eigenvalue weighted by Crippen LogP contribution is -2.30. The highest BCUT2D eigenvalue weighted by molar-refractivity contribution is 7.13. The van der Waals surface area contributed by atoms with Crippen LogP contribution in [-0.2, 0) is 4.79 Å². The van der Waals surface area contributed by atoms with E-state index in [0.29, 0.717) is 5.75 Å². The van der Waals surface area contributed by atoms with Gasteiger partial charge >= 0.3 is 0 Å². The summed E-state index contributed by atoms with van der Waals surface area (Å²) < 4.78 is 5.69. The number of aromatic nitrogens is 1. The van der Waals surface area contributed by atoms with E-state index in [4.69, 9.17) is 4.74 Å². The van der Waals surface area contributed by atoms with E-state index in [9.17, 15) is 4.79 Å². The van der Waals surface area contributed by atoms with E-state index in [1.54, 1.807) is 24.5 Å². The van der Waals surface area contributed by atoms with Crippen molar-refractivity contribution in [2.45, 2.75) is 20.0 Å². The molecule has 0 aliphatic carbocycles. The van der Waals surface area contributed by atoms with Crippen LogP contribution in [0.1, 0.15) is 12.5 Å². The van der Waals surface area contributed by atoms with Crippen molar-refractivity contribution in [1.29, 1.82) is 0 Å². The second kappa shape index (κ2) is 7.27. The van der Waals surface area contributed by atoms with Gasteiger partial charge in [-0.2, -0.15) is 0 Å². The standard InChI is InChI=1S/C19H18N2O2S/c1-13-4-3-5-17(12-13)23-14(2)18(22)21-16-8-6-15(7-9-16)19-20-10-11-24-19/h3-12,14H,1-2H3,(H,21,22)/t14-/m1/s1. The van der Waals surface area contributed by atoms with Crippen molar-refractivity contribution in [3.8, 4) is 16.3 Å². The largest absolute Gasteiger partial charge is 0.481 e. The Labute approximate surface area is 145 Å². The number of hydrogen-bond acceptors (Lipinski definition) is 4. The molecule has 1 aromatic heterocycles. The number of amides is 1. The molecule has 0 aliphatic heterocycles. The highest BCUT2D eigenvalue weighted by Gasteiger charge is 2.15. The van der Waals surface area contributed by atoms with Gasteiger partial charge in [0.2, 0.25) is 0 Å². The van der Waals surface area contributed by atoms with Crippen molar-refractivity contribution < 1.29 is 9.53 Å². The maximum atomic E-state index is 12.3. The number of benzene rings is 2. The van der Waals surface area contributed by atoms with Crippen LogP contribution in [0.2, 0.25) is 0 Å². The first kappa shape index (κ1) is 16.2. The first-order valence-corrected chi connectivity index (χ1v) is 8.54. The van der Waals surface area contributed by atoms with Crippen molar-refractivity contribution in [3.05, 3.63) is 65.7 Å². The van der Waals surface area contributed by atoms with Crippen molar-refractivity contribution in [1.82, 2.24) is 4.98 Å². The van der Waals surface area contributed by atoms with Crippen LogP contribution in [0.3, 0.4) is 0 Å². The Morgan fingerprint density at radius 1 is 1.21 bits per heavy atom. The van der Waals surface area contributed by atoms with Gasteiger partial charge in [0.1, 0.15) is 10.8 Å². The third-order valence-electron chi connectivity index (χ3n) is 3.50. The predicted molar refractivity (Wildman–Crippen MR) is 97.4 cm³/mol. The van der Waals surface area contributed by atoms with Crippen molar-refractivity contribution in [3.63, 3.8) is 0 Å². The number of thiazole rings is 1. The maximum Gasteiger partial charge on any atom is 0.265 e. The SMILES string of the molecule is Cc1cccc(O[C@H](C)C(=O)Nc2ccc(-c3nccs3)cc2)c1. The fraction of sp³-hybridized carbons (Fsp3) is 0.158. The minimum atomic E-state index is -0.578. The number of ether oxygens (including phenoxy) is 1. The maximum absolute atomic E-state index is 12.3. The summed E-state index contributed by atoms with van der Waals surface area (Å²) in [5.41, 5.74) is 2.87. The smallest absolute Gasteiger partial charge is 0.265 e. The topological polar surface area (TPSA) is 51.2 Å². The number of nitrogens with zero attached hydrogens (tertiary/aromatic N) is 1. The zero-order valence-corrected chi connectivity index (χ0v) is 14.3. The molecule has 1 N–H and O–H groups in total. The zero-order valence-electron chi connectivity index (χ0n) is 13.5. The molecule has 122 valence electrons. The Bertz CT molecular complexity index is 814. The molecule has 0 saturated heterocycles. The minimum absolute atomic E-state index is 0.182. The van der Waals surface area contributed by atoms with Gasteiger partial charge in [0, 0.05) is 22.8 Å². The van der Waals surface area contributed by atoms with Crippen LogP contribution < -0.4 is 10.1 Å². The normalized spacial score (nSPS) is 11.8.